The molecule has 0 aromatic carbocycles. The molecule has 6 heteroatoms. The van der Waals surface area contributed by atoms with Crippen LogP contribution in [0.5, 0.6) is 0 Å². The van der Waals surface area contributed by atoms with Crippen molar-refractivity contribution in [2.45, 2.75) is 6.43 Å². The third-order valence-corrected chi connectivity index (χ3v) is 1.55. The Labute approximate surface area is 77.6 Å². The van der Waals surface area contributed by atoms with Crippen molar-refractivity contribution in [1.29, 1.82) is 0 Å². The van der Waals surface area contributed by atoms with Gasteiger partial charge in [0.25, 0.3) is 5.89 Å². The molecule has 0 spiro atoms. The lowest BCUT2D eigenvalue weighted by Gasteiger charge is -1.91. The smallest absolute Gasteiger partial charge is 0.314 e. The maximum Gasteiger partial charge on any atom is 0.314 e. The van der Waals surface area contributed by atoms with Gasteiger partial charge < -0.3 is 4.42 Å². The standard InChI is InChI=1S/C8H5F2N3O/c9-6(10)8-13-12-7(14-8)5-1-3-11-4-2-5/h1-4,6H. The Kier molecular flexibility index (Phi) is 2.18. The van der Waals surface area contributed by atoms with Crippen LogP contribution in [0.3, 0.4) is 0 Å². The molecule has 0 saturated heterocycles. The fraction of sp³-hybridized carbons (Fsp3) is 0.125. The van der Waals surface area contributed by atoms with Gasteiger partial charge in [0.05, 0.1) is 0 Å². The number of alkyl halides is 2. The number of hydrogen-bond acceptors (Lipinski definition) is 4. The maximum absolute atomic E-state index is 12.1. The second-order valence-electron chi connectivity index (χ2n) is 2.48. The molecule has 0 N–H and O–H groups in total. The summed E-state index contributed by atoms with van der Waals surface area (Å²) in [4.78, 5) is 3.77. The molecule has 0 aliphatic rings. The molecule has 0 atom stereocenters. The number of pyridine rings is 1. The summed E-state index contributed by atoms with van der Waals surface area (Å²) in [6.07, 6.45) is 0.293. The summed E-state index contributed by atoms with van der Waals surface area (Å²) in [5.74, 6) is -0.598. The van der Waals surface area contributed by atoms with Crippen molar-refractivity contribution < 1.29 is 13.2 Å². The van der Waals surface area contributed by atoms with E-state index in [0.717, 1.165) is 0 Å². The van der Waals surface area contributed by atoms with Crippen molar-refractivity contribution in [2.24, 2.45) is 0 Å². The van der Waals surface area contributed by atoms with E-state index in [-0.39, 0.29) is 5.89 Å². The van der Waals surface area contributed by atoms with E-state index in [2.05, 4.69) is 15.2 Å². The average Bonchev–Trinajstić information content (AvgIpc) is 2.68. The number of hydrogen-bond donors (Lipinski definition) is 0. The Balaban J connectivity index is 2.34. The molecular weight excluding hydrogens is 192 g/mol. The van der Waals surface area contributed by atoms with E-state index in [9.17, 15) is 8.78 Å². The fourth-order valence-corrected chi connectivity index (χ4v) is 0.934. The molecule has 2 aromatic rings. The van der Waals surface area contributed by atoms with E-state index in [1.807, 2.05) is 0 Å². The minimum atomic E-state index is -2.74. The molecule has 0 radical (unpaired) electrons. The molecule has 0 saturated carbocycles. The Bertz CT molecular complexity index is 416. The normalized spacial score (nSPS) is 10.8. The van der Waals surface area contributed by atoms with Gasteiger partial charge >= 0.3 is 6.43 Å². The quantitative estimate of drug-likeness (QED) is 0.739. The second kappa shape index (κ2) is 3.49. The van der Waals surface area contributed by atoms with Crippen LogP contribution < -0.4 is 0 Å². The highest BCUT2D eigenvalue weighted by Gasteiger charge is 2.16. The predicted molar refractivity (Wildman–Crippen MR) is 42.5 cm³/mol. The van der Waals surface area contributed by atoms with Gasteiger partial charge in [0.15, 0.2) is 0 Å². The van der Waals surface area contributed by atoms with Crippen LogP contribution in [0.2, 0.25) is 0 Å². The van der Waals surface area contributed by atoms with Gasteiger partial charge in [0.1, 0.15) is 0 Å². The van der Waals surface area contributed by atoms with Crippen molar-refractivity contribution in [3.05, 3.63) is 30.4 Å². The summed E-state index contributed by atoms with van der Waals surface area (Å²) in [5.41, 5.74) is 0.569. The van der Waals surface area contributed by atoms with Crippen molar-refractivity contribution in [2.75, 3.05) is 0 Å². The SMILES string of the molecule is FC(F)c1nnc(-c2ccncc2)o1. The number of rotatable bonds is 2. The summed E-state index contributed by atoms with van der Waals surface area (Å²) in [6.45, 7) is 0. The number of halogens is 2. The lowest BCUT2D eigenvalue weighted by molar-refractivity contribution is 0.116. The van der Waals surface area contributed by atoms with Crippen molar-refractivity contribution in [3.63, 3.8) is 0 Å². The van der Waals surface area contributed by atoms with Crippen LogP contribution in [0.15, 0.2) is 28.9 Å². The van der Waals surface area contributed by atoms with E-state index < -0.39 is 12.3 Å². The number of nitrogens with zero attached hydrogens (tertiary/aromatic N) is 3. The summed E-state index contributed by atoms with van der Waals surface area (Å²) < 4.78 is 28.9. The minimum Gasteiger partial charge on any atom is -0.415 e. The van der Waals surface area contributed by atoms with E-state index in [4.69, 9.17) is 4.42 Å². The Morgan fingerprint density at radius 2 is 1.86 bits per heavy atom. The van der Waals surface area contributed by atoms with Gasteiger partial charge in [0, 0.05) is 18.0 Å². The predicted octanol–water partition coefficient (Wildman–Crippen LogP) is 2.07. The van der Waals surface area contributed by atoms with Crippen LogP contribution in [0.1, 0.15) is 12.3 Å². The zero-order chi connectivity index (χ0) is 9.97. The molecule has 72 valence electrons. The first-order valence-electron chi connectivity index (χ1n) is 3.79. The zero-order valence-corrected chi connectivity index (χ0v) is 6.89. The van der Waals surface area contributed by atoms with E-state index in [1.54, 1.807) is 12.1 Å². The van der Waals surface area contributed by atoms with Gasteiger partial charge in [0.2, 0.25) is 5.89 Å². The molecule has 2 aromatic heterocycles. The molecule has 0 aliphatic heterocycles. The van der Waals surface area contributed by atoms with E-state index in [0.29, 0.717) is 5.56 Å². The van der Waals surface area contributed by atoms with E-state index in [1.165, 1.54) is 12.4 Å². The molecule has 14 heavy (non-hydrogen) atoms. The van der Waals surface area contributed by atoms with Crippen LogP contribution in [-0.4, -0.2) is 15.2 Å². The average molecular weight is 197 g/mol. The summed E-state index contributed by atoms with van der Waals surface area (Å²) in [6, 6.07) is 3.20. The molecule has 4 nitrogen and oxygen atoms in total. The third-order valence-electron chi connectivity index (χ3n) is 1.55. The van der Waals surface area contributed by atoms with Gasteiger partial charge in [-0.05, 0) is 12.1 Å². The molecule has 0 fully saturated rings. The summed E-state index contributed by atoms with van der Waals surface area (Å²) in [7, 11) is 0. The first-order chi connectivity index (χ1) is 6.77. The second-order valence-corrected chi connectivity index (χ2v) is 2.48. The molecular formula is C8H5F2N3O. The van der Waals surface area contributed by atoms with E-state index >= 15 is 0 Å². The molecule has 0 unspecified atom stereocenters. The van der Waals surface area contributed by atoms with Crippen molar-refractivity contribution in [1.82, 2.24) is 15.2 Å². The van der Waals surface area contributed by atoms with Crippen LogP contribution in [-0.2, 0) is 0 Å². The van der Waals surface area contributed by atoms with Crippen molar-refractivity contribution in [3.8, 4) is 11.5 Å². The first-order valence-corrected chi connectivity index (χ1v) is 3.79. The highest BCUT2D eigenvalue weighted by Crippen LogP contribution is 2.22. The fourth-order valence-electron chi connectivity index (χ4n) is 0.934. The third kappa shape index (κ3) is 1.59. The minimum absolute atomic E-state index is 0.0719. The van der Waals surface area contributed by atoms with Gasteiger partial charge in [-0.25, -0.2) is 0 Å². The molecule has 0 amide bonds. The molecule has 2 rings (SSSR count). The Morgan fingerprint density at radius 1 is 1.14 bits per heavy atom. The molecule has 0 aliphatic carbocycles. The topological polar surface area (TPSA) is 51.8 Å². The highest BCUT2D eigenvalue weighted by atomic mass is 19.3. The van der Waals surface area contributed by atoms with Crippen molar-refractivity contribution >= 4 is 0 Å². The lowest BCUT2D eigenvalue weighted by Crippen LogP contribution is -1.81. The van der Waals surface area contributed by atoms with Gasteiger partial charge in [-0.15, -0.1) is 10.2 Å². The van der Waals surface area contributed by atoms with Crippen LogP contribution in [0.4, 0.5) is 8.78 Å². The largest absolute Gasteiger partial charge is 0.415 e. The van der Waals surface area contributed by atoms with Crippen LogP contribution in [0.25, 0.3) is 11.5 Å². The van der Waals surface area contributed by atoms with Gasteiger partial charge in [-0.3, -0.25) is 4.98 Å². The Morgan fingerprint density at radius 3 is 2.43 bits per heavy atom. The van der Waals surface area contributed by atoms with Crippen LogP contribution in [0, 0.1) is 0 Å². The maximum atomic E-state index is 12.1. The summed E-state index contributed by atoms with van der Waals surface area (Å²) in [5, 5.41) is 6.69. The molecule has 0 bridgehead atoms. The van der Waals surface area contributed by atoms with Crippen LogP contribution >= 0.6 is 0 Å². The first kappa shape index (κ1) is 8.74. The monoisotopic (exact) mass is 197 g/mol. The Hall–Kier alpha value is -1.85. The lowest BCUT2D eigenvalue weighted by atomic mass is 10.3. The van der Waals surface area contributed by atoms with Gasteiger partial charge in [-0.1, -0.05) is 0 Å². The highest BCUT2D eigenvalue weighted by molar-refractivity contribution is 5.50. The number of aromatic nitrogens is 3. The summed E-state index contributed by atoms with van der Waals surface area (Å²) >= 11 is 0. The molecule has 2 heterocycles. The van der Waals surface area contributed by atoms with Gasteiger partial charge in [-0.2, -0.15) is 8.78 Å². The zero-order valence-electron chi connectivity index (χ0n) is 6.89.